The van der Waals surface area contributed by atoms with Crippen LogP contribution in [-0.2, 0) is 0 Å². The number of hydrogen-bond acceptors (Lipinski definition) is 4. The van der Waals surface area contributed by atoms with Crippen molar-refractivity contribution in [1.29, 1.82) is 0 Å². The lowest BCUT2D eigenvalue weighted by Crippen LogP contribution is -2.30. The van der Waals surface area contributed by atoms with E-state index in [0.29, 0.717) is 24.1 Å². The molecule has 0 bridgehead atoms. The summed E-state index contributed by atoms with van der Waals surface area (Å²) in [6, 6.07) is 6.25. The third-order valence-corrected chi connectivity index (χ3v) is 3.67. The SMILES string of the molecule is CCN(CC(O)c1ccc(OC)c(OC)c1)C1CC1. The highest BCUT2D eigenvalue weighted by Gasteiger charge is 2.29. The van der Waals surface area contributed by atoms with Crippen LogP contribution in [0.2, 0.25) is 0 Å². The summed E-state index contributed by atoms with van der Waals surface area (Å²) in [7, 11) is 3.22. The first kappa shape index (κ1) is 14.2. The fourth-order valence-electron chi connectivity index (χ4n) is 2.36. The van der Waals surface area contributed by atoms with Crippen LogP contribution in [0.25, 0.3) is 0 Å². The van der Waals surface area contributed by atoms with Gasteiger partial charge in [0.05, 0.1) is 20.3 Å². The summed E-state index contributed by atoms with van der Waals surface area (Å²) in [6.07, 6.45) is 2.03. The Bertz CT molecular complexity index is 418. The molecule has 0 amide bonds. The Morgan fingerprint density at radius 3 is 2.47 bits per heavy atom. The average Bonchev–Trinajstić information content (AvgIpc) is 3.28. The quantitative estimate of drug-likeness (QED) is 0.821. The van der Waals surface area contributed by atoms with E-state index in [-0.39, 0.29) is 0 Å². The Labute approximate surface area is 114 Å². The van der Waals surface area contributed by atoms with Gasteiger partial charge < -0.3 is 14.6 Å². The smallest absolute Gasteiger partial charge is 0.161 e. The molecule has 1 saturated carbocycles. The van der Waals surface area contributed by atoms with Gasteiger partial charge in [0, 0.05) is 12.6 Å². The van der Waals surface area contributed by atoms with Crippen molar-refractivity contribution in [3.05, 3.63) is 23.8 Å². The first-order valence-corrected chi connectivity index (χ1v) is 6.83. The van der Waals surface area contributed by atoms with Crippen LogP contribution < -0.4 is 9.47 Å². The Balaban J connectivity index is 2.07. The Kier molecular flexibility index (Phi) is 4.66. The standard InChI is InChI=1S/C15H23NO3/c1-4-16(12-6-7-12)10-13(17)11-5-8-14(18-2)15(9-11)19-3/h5,8-9,12-13,17H,4,6-7,10H2,1-3H3. The molecule has 1 aromatic rings. The number of ether oxygens (including phenoxy) is 2. The molecular weight excluding hydrogens is 242 g/mol. The molecule has 19 heavy (non-hydrogen) atoms. The summed E-state index contributed by atoms with van der Waals surface area (Å²) < 4.78 is 10.5. The highest BCUT2D eigenvalue weighted by molar-refractivity contribution is 5.43. The maximum Gasteiger partial charge on any atom is 0.161 e. The normalized spacial score (nSPS) is 16.5. The zero-order chi connectivity index (χ0) is 13.8. The molecule has 0 heterocycles. The van der Waals surface area contributed by atoms with Crippen molar-refractivity contribution in [2.24, 2.45) is 0 Å². The van der Waals surface area contributed by atoms with Gasteiger partial charge in [0.25, 0.3) is 0 Å². The van der Waals surface area contributed by atoms with Gasteiger partial charge in [-0.1, -0.05) is 13.0 Å². The fraction of sp³-hybridized carbons (Fsp3) is 0.600. The van der Waals surface area contributed by atoms with Gasteiger partial charge in [-0.3, -0.25) is 4.90 Å². The summed E-state index contributed by atoms with van der Waals surface area (Å²) in [5, 5.41) is 10.3. The fourth-order valence-corrected chi connectivity index (χ4v) is 2.36. The zero-order valence-electron chi connectivity index (χ0n) is 11.9. The molecule has 4 heteroatoms. The Morgan fingerprint density at radius 1 is 1.26 bits per heavy atom. The van der Waals surface area contributed by atoms with E-state index in [0.717, 1.165) is 12.1 Å². The van der Waals surface area contributed by atoms with Gasteiger partial charge in [-0.15, -0.1) is 0 Å². The summed E-state index contributed by atoms with van der Waals surface area (Å²) in [4.78, 5) is 2.33. The van der Waals surface area contributed by atoms with E-state index in [2.05, 4.69) is 11.8 Å². The number of hydrogen-bond donors (Lipinski definition) is 1. The van der Waals surface area contributed by atoms with E-state index in [1.165, 1.54) is 12.8 Å². The van der Waals surface area contributed by atoms with Crippen LogP contribution in [0.4, 0.5) is 0 Å². The van der Waals surface area contributed by atoms with Crippen molar-refractivity contribution in [2.75, 3.05) is 27.3 Å². The Hall–Kier alpha value is -1.26. The van der Waals surface area contributed by atoms with Crippen LogP contribution in [-0.4, -0.2) is 43.4 Å². The van der Waals surface area contributed by atoms with Crippen molar-refractivity contribution < 1.29 is 14.6 Å². The number of benzene rings is 1. The van der Waals surface area contributed by atoms with E-state index in [4.69, 9.17) is 9.47 Å². The van der Waals surface area contributed by atoms with Crippen molar-refractivity contribution >= 4 is 0 Å². The molecule has 0 saturated heterocycles. The molecule has 1 N–H and O–H groups in total. The van der Waals surface area contributed by atoms with Crippen LogP contribution in [0.3, 0.4) is 0 Å². The zero-order valence-corrected chi connectivity index (χ0v) is 11.9. The monoisotopic (exact) mass is 265 g/mol. The lowest BCUT2D eigenvalue weighted by molar-refractivity contribution is 0.111. The number of likely N-dealkylation sites (N-methyl/N-ethyl adjacent to an activating group) is 1. The topological polar surface area (TPSA) is 41.9 Å². The van der Waals surface area contributed by atoms with Crippen LogP contribution >= 0.6 is 0 Å². The second-order valence-corrected chi connectivity index (χ2v) is 4.95. The van der Waals surface area contributed by atoms with Crippen LogP contribution in [0.1, 0.15) is 31.4 Å². The first-order chi connectivity index (χ1) is 9.19. The molecule has 1 aliphatic carbocycles. The molecule has 0 spiro atoms. The number of nitrogens with zero attached hydrogens (tertiary/aromatic N) is 1. The summed E-state index contributed by atoms with van der Waals surface area (Å²) in [5.74, 6) is 1.35. The lowest BCUT2D eigenvalue weighted by Gasteiger charge is -2.23. The van der Waals surface area contributed by atoms with Crippen LogP contribution in [0.5, 0.6) is 11.5 Å². The summed E-state index contributed by atoms with van der Waals surface area (Å²) >= 11 is 0. The molecule has 0 aromatic heterocycles. The minimum Gasteiger partial charge on any atom is -0.493 e. The van der Waals surface area contributed by atoms with E-state index < -0.39 is 6.10 Å². The minimum absolute atomic E-state index is 0.486. The molecule has 1 atom stereocenters. The first-order valence-electron chi connectivity index (χ1n) is 6.83. The molecule has 0 aliphatic heterocycles. The second-order valence-electron chi connectivity index (χ2n) is 4.95. The van der Waals surface area contributed by atoms with Gasteiger partial charge in [-0.05, 0) is 37.1 Å². The van der Waals surface area contributed by atoms with Gasteiger partial charge in [-0.25, -0.2) is 0 Å². The minimum atomic E-state index is -0.486. The maximum absolute atomic E-state index is 10.3. The van der Waals surface area contributed by atoms with Crippen molar-refractivity contribution in [3.63, 3.8) is 0 Å². The highest BCUT2D eigenvalue weighted by atomic mass is 16.5. The molecule has 0 radical (unpaired) electrons. The van der Waals surface area contributed by atoms with Crippen molar-refractivity contribution in [3.8, 4) is 11.5 Å². The van der Waals surface area contributed by atoms with E-state index in [1.54, 1.807) is 14.2 Å². The molecular formula is C15H23NO3. The Morgan fingerprint density at radius 2 is 1.95 bits per heavy atom. The number of aliphatic hydroxyl groups excluding tert-OH is 1. The molecule has 1 fully saturated rings. The predicted molar refractivity (Wildman–Crippen MR) is 74.8 cm³/mol. The van der Waals surface area contributed by atoms with Crippen molar-refractivity contribution in [1.82, 2.24) is 4.90 Å². The van der Waals surface area contributed by atoms with Gasteiger partial charge >= 0.3 is 0 Å². The summed E-state index contributed by atoms with van der Waals surface area (Å²) in [5.41, 5.74) is 0.872. The van der Waals surface area contributed by atoms with E-state index in [9.17, 15) is 5.11 Å². The molecule has 106 valence electrons. The van der Waals surface area contributed by atoms with Crippen LogP contribution in [0, 0.1) is 0 Å². The molecule has 4 nitrogen and oxygen atoms in total. The second kappa shape index (κ2) is 6.26. The largest absolute Gasteiger partial charge is 0.493 e. The highest BCUT2D eigenvalue weighted by Crippen LogP contribution is 2.32. The number of rotatable bonds is 7. The third-order valence-electron chi connectivity index (χ3n) is 3.67. The van der Waals surface area contributed by atoms with E-state index in [1.807, 2.05) is 18.2 Å². The van der Waals surface area contributed by atoms with E-state index >= 15 is 0 Å². The molecule has 1 aliphatic rings. The van der Waals surface area contributed by atoms with Gasteiger partial charge in [0.15, 0.2) is 11.5 Å². The van der Waals surface area contributed by atoms with Gasteiger partial charge in [-0.2, -0.15) is 0 Å². The van der Waals surface area contributed by atoms with Gasteiger partial charge in [0.1, 0.15) is 0 Å². The lowest BCUT2D eigenvalue weighted by atomic mass is 10.1. The predicted octanol–water partition coefficient (Wildman–Crippen LogP) is 2.22. The maximum atomic E-state index is 10.3. The molecule has 2 rings (SSSR count). The van der Waals surface area contributed by atoms with Crippen LogP contribution in [0.15, 0.2) is 18.2 Å². The molecule has 1 aromatic carbocycles. The average molecular weight is 265 g/mol. The number of methoxy groups -OCH3 is 2. The summed E-state index contributed by atoms with van der Waals surface area (Å²) in [6.45, 7) is 3.80. The third kappa shape index (κ3) is 3.39. The number of aliphatic hydroxyl groups is 1. The van der Waals surface area contributed by atoms with Gasteiger partial charge in [0.2, 0.25) is 0 Å². The van der Waals surface area contributed by atoms with Crippen molar-refractivity contribution in [2.45, 2.75) is 31.9 Å². The molecule has 1 unspecified atom stereocenters.